The van der Waals surface area contributed by atoms with Crippen LogP contribution in [0.4, 0.5) is 5.69 Å². The summed E-state index contributed by atoms with van der Waals surface area (Å²) in [6, 6.07) is 7.63. The number of benzene rings is 1. The van der Waals surface area contributed by atoms with Gasteiger partial charge in [0.05, 0.1) is 12.7 Å². The van der Waals surface area contributed by atoms with Gasteiger partial charge in [0.15, 0.2) is 0 Å². The minimum absolute atomic E-state index is 0.0521. The van der Waals surface area contributed by atoms with E-state index in [1.165, 1.54) is 0 Å². The summed E-state index contributed by atoms with van der Waals surface area (Å²) in [7, 11) is 0. The first kappa shape index (κ1) is 14.1. The number of anilines is 1. The van der Waals surface area contributed by atoms with E-state index in [-0.39, 0.29) is 5.91 Å². The standard InChI is InChI=1S/C15H20N4O/c1-12-10-18-19(11-12)8-7-17-15(20)6-5-13-3-2-4-14(16)9-13/h2-4,9-11H,5-8,16H2,1H3,(H,17,20). The fourth-order valence-corrected chi connectivity index (χ4v) is 1.99. The average Bonchev–Trinajstić information content (AvgIpc) is 2.82. The van der Waals surface area contributed by atoms with Crippen LogP contribution in [0, 0.1) is 6.92 Å². The molecule has 1 aromatic heterocycles. The number of nitrogen functional groups attached to an aromatic ring is 1. The van der Waals surface area contributed by atoms with Gasteiger partial charge in [-0.3, -0.25) is 9.48 Å². The summed E-state index contributed by atoms with van der Waals surface area (Å²) >= 11 is 0. The van der Waals surface area contributed by atoms with Crippen molar-refractivity contribution in [2.24, 2.45) is 0 Å². The molecule has 0 saturated heterocycles. The molecule has 20 heavy (non-hydrogen) atoms. The second-order valence-electron chi connectivity index (χ2n) is 4.88. The van der Waals surface area contributed by atoms with Gasteiger partial charge in [-0.05, 0) is 36.6 Å². The van der Waals surface area contributed by atoms with E-state index in [9.17, 15) is 4.79 Å². The summed E-state index contributed by atoms with van der Waals surface area (Å²) in [5.41, 5.74) is 8.64. The molecular weight excluding hydrogens is 252 g/mol. The van der Waals surface area contributed by atoms with E-state index < -0.39 is 0 Å². The Morgan fingerprint density at radius 1 is 1.45 bits per heavy atom. The zero-order valence-electron chi connectivity index (χ0n) is 11.7. The molecule has 0 aliphatic heterocycles. The lowest BCUT2D eigenvalue weighted by molar-refractivity contribution is -0.121. The highest BCUT2D eigenvalue weighted by molar-refractivity contribution is 5.76. The minimum atomic E-state index is 0.0521. The summed E-state index contributed by atoms with van der Waals surface area (Å²) in [6.45, 7) is 3.28. The lowest BCUT2D eigenvalue weighted by Crippen LogP contribution is -2.27. The van der Waals surface area contributed by atoms with Crippen LogP contribution in [0.3, 0.4) is 0 Å². The number of carbonyl (C=O) groups excluding carboxylic acids is 1. The molecular formula is C15H20N4O. The zero-order chi connectivity index (χ0) is 14.4. The molecule has 0 aliphatic carbocycles. The third-order valence-corrected chi connectivity index (χ3v) is 3.02. The third-order valence-electron chi connectivity index (χ3n) is 3.02. The van der Waals surface area contributed by atoms with Crippen molar-refractivity contribution in [3.05, 3.63) is 47.8 Å². The number of hydrogen-bond acceptors (Lipinski definition) is 3. The summed E-state index contributed by atoms with van der Waals surface area (Å²) in [6.07, 6.45) is 4.94. The van der Waals surface area contributed by atoms with E-state index in [1.54, 1.807) is 0 Å². The maximum Gasteiger partial charge on any atom is 0.220 e. The van der Waals surface area contributed by atoms with E-state index in [0.29, 0.717) is 25.9 Å². The normalized spacial score (nSPS) is 10.4. The maximum atomic E-state index is 11.7. The van der Waals surface area contributed by atoms with Crippen LogP contribution in [0.2, 0.25) is 0 Å². The van der Waals surface area contributed by atoms with Crippen LogP contribution in [0.25, 0.3) is 0 Å². The van der Waals surface area contributed by atoms with E-state index in [2.05, 4.69) is 10.4 Å². The molecule has 3 N–H and O–H groups in total. The highest BCUT2D eigenvalue weighted by Crippen LogP contribution is 2.08. The van der Waals surface area contributed by atoms with Gasteiger partial charge in [0.2, 0.25) is 5.91 Å². The molecule has 0 unspecified atom stereocenters. The highest BCUT2D eigenvalue weighted by atomic mass is 16.1. The minimum Gasteiger partial charge on any atom is -0.399 e. The van der Waals surface area contributed by atoms with Crippen molar-refractivity contribution in [3.63, 3.8) is 0 Å². The number of nitrogens with two attached hydrogens (primary N) is 1. The molecule has 1 aromatic carbocycles. The lowest BCUT2D eigenvalue weighted by atomic mass is 10.1. The predicted molar refractivity (Wildman–Crippen MR) is 79.1 cm³/mol. The molecule has 0 radical (unpaired) electrons. The number of nitrogens with one attached hydrogen (secondary N) is 1. The number of aromatic nitrogens is 2. The maximum absolute atomic E-state index is 11.7. The Bertz CT molecular complexity index is 577. The van der Waals surface area contributed by atoms with Crippen molar-refractivity contribution in [1.82, 2.24) is 15.1 Å². The van der Waals surface area contributed by atoms with Gasteiger partial charge in [-0.1, -0.05) is 12.1 Å². The van der Waals surface area contributed by atoms with Gasteiger partial charge >= 0.3 is 0 Å². The second-order valence-corrected chi connectivity index (χ2v) is 4.88. The van der Waals surface area contributed by atoms with Crippen LogP contribution in [-0.4, -0.2) is 22.2 Å². The Hall–Kier alpha value is -2.30. The summed E-state index contributed by atoms with van der Waals surface area (Å²) in [5.74, 6) is 0.0521. The van der Waals surface area contributed by atoms with Crippen LogP contribution in [0.15, 0.2) is 36.7 Å². The molecule has 1 heterocycles. The largest absolute Gasteiger partial charge is 0.399 e. The Balaban J connectivity index is 1.68. The number of amides is 1. The smallest absolute Gasteiger partial charge is 0.220 e. The van der Waals surface area contributed by atoms with Crippen LogP contribution in [0.1, 0.15) is 17.5 Å². The number of nitrogens with zero attached hydrogens (tertiary/aromatic N) is 2. The van der Waals surface area contributed by atoms with E-state index in [4.69, 9.17) is 5.73 Å². The predicted octanol–water partition coefficient (Wildman–Crippen LogP) is 1.52. The number of hydrogen-bond donors (Lipinski definition) is 2. The molecule has 2 aromatic rings. The number of rotatable bonds is 6. The molecule has 106 valence electrons. The van der Waals surface area contributed by atoms with E-state index in [0.717, 1.165) is 16.8 Å². The Labute approximate surface area is 118 Å². The quantitative estimate of drug-likeness (QED) is 0.783. The molecule has 1 amide bonds. The van der Waals surface area contributed by atoms with Crippen molar-refractivity contribution in [2.45, 2.75) is 26.3 Å². The highest BCUT2D eigenvalue weighted by Gasteiger charge is 2.02. The van der Waals surface area contributed by atoms with Gasteiger partial charge in [0.1, 0.15) is 0 Å². The average molecular weight is 272 g/mol. The fraction of sp³-hybridized carbons (Fsp3) is 0.333. The first-order valence-corrected chi connectivity index (χ1v) is 6.73. The van der Waals surface area contributed by atoms with Crippen molar-refractivity contribution in [2.75, 3.05) is 12.3 Å². The van der Waals surface area contributed by atoms with E-state index >= 15 is 0 Å². The second kappa shape index (κ2) is 6.75. The molecule has 5 nitrogen and oxygen atoms in total. The van der Waals surface area contributed by atoms with E-state index in [1.807, 2.05) is 48.3 Å². The summed E-state index contributed by atoms with van der Waals surface area (Å²) in [5, 5.41) is 7.06. The molecule has 2 rings (SSSR count). The molecule has 5 heteroatoms. The van der Waals surface area contributed by atoms with Gasteiger partial charge in [0, 0.05) is 24.8 Å². The van der Waals surface area contributed by atoms with Crippen LogP contribution >= 0.6 is 0 Å². The van der Waals surface area contributed by atoms with Crippen molar-refractivity contribution in [1.29, 1.82) is 0 Å². The first-order valence-electron chi connectivity index (χ1n) is 6.73. The molecule has 0 aliphatic rings. The topological polar surface area (TPSA) is 72.9 Å². The molecule has 0 bridgehead atoms. The Kier molecular flexibility index (Phi) is 4.76. The molecule has 0 atom stereocenters. The van der Waals surface area contributed by atoms with Gasteiger partial charge in [0.25, 0.3) is 0 Å². The number of carbonyl (C=O) groups is 1. The zero-order valence-corrected chi connectivity index (χ0v) is 11.7. The monoisotopic (exact) mass is 272 g/mol. The van der Waals surface area contributed by atoms with Crippen LogP contribution < -0.4 is 11.1 Å². The molecule has 0 spiro atoms. The third kappa shape index (κ3) is 4.42. The molecule has 0 fully saturated rings. The Morgan fingerprint density at radius 2 is 2.30 bits per heavy atom. The summed E-state index contributed by atoms with van der Waals surface area (Å²) < 4.78 is 1.83. The van der Waals surface area contributed by atoms with Crippen LogP contribution in [-0.2, 0) is 17.8 Å². The van der Waals surface area contributed by atoms with Gasteiger partial charge in [-0.15, -0.1) is 0 Å². The van der Waals surface area contributed by atoms with Gasteiger partial charge in [-0.2, -0.15) is 5.10 Å². The Morgan fingerprint density at radius 3 is 3.00 bits per heavy atom. The lowest BCUT2D eigenvalue weighted by Gasteiger charge is -2.06. The fourth-order valence-electron chi connectivity index (χ4n) is 1.99. The van der Waals surface area contributed by atoms with Gasteiger partial charge in [-0.25, -0.2) is 0 Å². The van der Waals surface area contributed by atoms with Crippen molar-refractivity contribution in [3.8, 4) is 0 Å². The van der Waals surface area contributed by atoms with Crippen molar-refractivity contribution >= 4 is 11.6 Å². The van der Waals surface area contributed by atoms with Gasteiger partial charge < -0.3 is 11.1 Å². The number of aryl methyl sites for hydroxylation is 2. The summed E-state index contributed by atoms with van der Waals surface area (Å²) in [4.78, 5) is 11.7. The first-order chi connectivity index (χ1) is 9.63. The van der Waals surface area contributed by atoms with Crippen molar-refractivity contribution < 1.29 is 4.79 Å². The van der Waals surface area contributed by atoms with Crippen LogP contribution in [0.5, 0.6) is 0 Å². The molecule has 0 saturated carbocycles. The SMILES string of the molecule is Cc1cnn(CCNC(=O)CCc2cccc(N)c2)c1.